The maximum atomic E-state index is 12.9. The maximum Gasteiger partial charge on any atom is 0.243 e. The Kier molecular flexibility index (Phi) is 8.60. The molecule has 188 valence electrons. The van der Waals surface area contributed by atoms with Crippen LogP contribution in [-0.2, 0) is 19.6 Å². The van der Waals surface area contributed by atoms with E-state index in [9.17, 15) is 22.8 Å². The molecule has 0 atom stereocenters. The number of methoxy groups -OCH3 is 1. The molecule has 0 spiro atoms. The number of carbonyl (C=O) groups excluding carboxylic acids is 3. The molecule has 1 aliphatic heterocycles. The lowest BCUT2D eigenvalue weighted by molar-refractivity contribution is -0.125. The van der Waals surface area contributed by atoms with Crippen molar-refractivity contribution in [1.82, 2.24) is 14.5 Å². The number of anilines is 1. The summed E-state index contributed by atoms with van der Waals surface area (Å²) < 4.78 is 32.4. The second kappa shape index (κ2) is 11.4. The standard InChI is InChI=1S/C24H30N4O6S/c1-17-4-9-22(34-3)21(14-17)26-23(30)15-25-24(31)16-27-10-12-28(13-11-27)35(32,33)20-7-5-19(6-8-20)18(2)29/h4-9,14H,10-13,15-16H2,1-3H3,(H,25,31)(H,26,30). The lowest BCUT2D eigenvalue weighted by atomic mass is 10.2. The second-order valence-corrected chi connectivity index (χ2v) is 10.2. The first kappa shape index (κ1) is 26.3. The molecule has 1 heterocycles. The molecular formula is C24H30N4O6S. The van der Waals surface area contributed by atoms with Crippen LogP contribution in [0.25, 0.3) is 0 Å². The number of sulfonamides is 1. The second-order valence-electron chi connectivity index (χ2n) is 8.29. The van der Waals surface area contributed by atoms with E-state index in [-0.39, 0.29) is 48.7 Å². The summed E-state index contributed by atoms with van der Waals surface area (Å²) in [6.07, 6.45) is 0. The van der Waals surface area contributed by atoms with Crippen molar-refractivity contribution in [3.05, 3.63) is 53.6 Å². The van der Waals surface area contributed by atoms with E-state index < -0.39 is 10.0 Å². The molecule has 2 amide bonds. The van der Waals surface area contributed by atoms with Crippen molar-refractivity contribution in [1.29, 1.82) is 0 Å². The average molecular weight is 503 g/mol. The number of carbonyl (C=O) groups is 3. The number of ether oxygens (including phenoxy) is 1. The zero-order valence-corrected chi connectivity index (χ0v) is 20.9. The Bertz CT molecular complexity index is 1190. The summed E-state index contributed by atoms with van der Waals surface area (Å²) in [5.74, 6) is -0.312. The molecule has 0 aliphatic carbocycles. The third kappa shape index (κ3) is 6.87. The van der Waals surface area contributed by atoms with Crippen molar-refractivity contribution in [3.63, 3.8) is 0 Å². The molecule has 0 aromatic heterocycles. The van der Waals surface area contributed by atoms with Gasteiger partial charge in [-0.25, -0.2) is 8.42 Å². The summed E-state index contributed by atoms with van der Waals surface area (Å²) in [4.78, 5) is 37.9. The predicted octanol–water partition coefficient (Wildman–Crippen LogP) is 1.27. The SMILES string of the molecule is COc1ccc(C)cc1NC(=O)CNC(=O)CN1CCN(S(=O)(=O)c2ccc(C(C)=O)cc2)CC1. The first-order valence-electron chi connectivity index (χ1n) is 11.1. The van der Waals surface area contributed by atoms with E-state index in [4.69, 9.17) is 4.74 Å². The van der Waals surface area contributed by atoms with Gasteiger partial charge in [-0.1, -0.05) is 18.2 Å². The molecule has 0 bridgehead atoms. The predicted molar refractivity (Wildman–Crippen MR) is 131 cm³/mol. The topological polar surface area (TPSA) is 125 Å². The van der Waals surface area contributed by atoms with E-state index in [0.717, 1.165) is 5.56 Å². The van der Waals surface area contributed by atoms with Gasteiger partial charge in [0, 0.05) is 31.7 Å². The van der Waals surface area contributed by atoms with Crippen LogP contribution in [0.1, 0.15) is 22.8 Å². The Morgan fingerprint density at radius 3 is 2.23 bits per heavy atom. The third-order valence-corrected chi connectivity index (χ3v) is 7.59. The van der Waals surface area contributed by atoms with Gasteiger partial charge in [-0.3, -0.25) is 19.3 Å². The molecule has 11 heteroatoms. The molecule has 1 aliphatic rings. The summed E-state index contributed by atoms with van der Waals surface area (Å²) in [7, 11) is -2.17. The lowest BCUT2D eigenvalue weighted by Crippen LogP contribution is -2.51. The Balaban J connectivity index is 1.45. The normalized spacial score (nSPS) is 14.8. The smallest absolute Gasteiger partial charge is 0.243 e. The van der Waals surface area contributed by atoms with Gasteiger partial charge in [-0.05, 0) is 43.7 Å². The highest BCUT2D eigenvalue weighted by Gasteiger charge is 2.29. The minimum Gasteiger partial charge on any atom is -0.495 e. The van der Waals surface area contributed by atoms with Crippen molar-refractivity contribution < 1.29 is 27.5 Å². The molecule has 2 N–H and O–H groups in total. The van der Waals surface area contributed by atoms with Crippen LogP contribution in [0.4, 0.5) is 5.69 Å². The van der Waals surface area contributed by atoms with Gasteiger partial charge in [0.2, 0.25) is 21.8 Å². The molecule has 0 radical (unpaired) electrons. The first-order valence-corrected chi connectivity index (χ1v) is 12.6. The Labute approximate surface area is 205 Å². The molecule has 3 rings (SSSR count). The molecule has 1 fully saturated rings. The molecule has 35 heavy (non-hydrogen) atoms. The number of nitrogens with zero attached hydrogens (tertiary/aromatic N) is 2. The number of hydrogen-bond donors (Lipinski definition) is 2. The highest BCUT2D eigenvalue weighted by Crippen LogP contribution is 2.25. The first-order chi connectivity index (χ1) is 16.6. The molecule has 2 aromatic carbocycles. The average Bonchev–Trinajstić information content (AvgIpc) is 2.83. The Hall–Kier alpha value is -3.28. The van der Waals surface area contributed by atoms with Crippen molar-refractivity contribution in [2.45, 2.75) is 18.7 Å². The van der Waals surface area contributed by atoms with Crippen molar-refractivity contribution >= 4 is 33.3 Å². The van der Waals surface area contributed by atoms with Gasteiger partial charge in [0.15, 0.2) is 5.78 Å². The maximum absolute atomic E-state index is 12.9. The minimum atomic E-state index is -3.68. The fraction of sp³-hybridized carbons (Fsp3) is 0.375. The van der Waals surface area contributed by atoms with Crippen molar-refractivity contribution in [2.24, 2.45) is 0 Å². The van der Waals surface area contributed by atoms with E-state index in [0.29, 0.717) is 30.1 Å². The number of nitrogens with one attached hydrogen (secondary N) is 2. The quantitative estimate of drug-likeness (QED) is 0.495. The van der Waals surface area contributed by atoms with Crippen molar-refractivity contribution in [2.75, 3.05) is 51.7 Å². The minimum absolute atomic E-state index is 0.0578. The van der Waals surface area contributed by atoms with Gasteiger partial charge < -0.3 is 15.4 Å². The monoisotopic (exact) mass is 502 g/mol. The number of hydrogen-bond acceptors (Lipinski definition) is 7. The number of aryl methyl sites for hydroxylation is 1. The van der Waals surface area contributed by atoms with Gasteiger partial charge in [0.25, 0.3) is 0 Å². The van der Waals surface area contributed by atoms with Crippen LogP contribution < -0.4 is 15.4 Å². The van der Waals surface area contributed by atoms with Crippen LogP contribution in [-0.4, -0.2) is 81.6 Å². The molecule has 0 saturated carbocycles. The molecule has 10 nitrogen and oxygen atoms in total. The summed E-state index contributed by atoms with van der Waals surface area (Å²) in [6, 6.07) is 11.3. The largest absolute Gasteiger partial charge is 0.495 e. The molecular weight excluding hydrogens is 472 g/mol. The molecule has 1 saturated heterocycles. The number of benzene rings is 2. The van der Waals surface area contributed by atoms with E-state index in [1.807, 2.05) is 17.9 Å². The van der Waals surface area contributed by atoms with Crippen LogP contribution in [0.2, 0.25) is 0 Å². The fourth-order valence-electron chi connectivity index (χ4n) is 3.69. The van der Waals surface area contributed by atoms with Crippen LogP contribution in [0.15, 0.2) is 47.4 Å². The summed E-state index contributed by atoms with van der Waals surface area (Å²) >= 11 is 0. The Morgan fingerprint density at radius 2 is 1.63 bits per heavy atom. The molecule has 0 unspecified atom stereocenters. The van der Waals surface area contributed by atoms with Crippen LogP contribution >= 0.6 is 0 Å². The van der Waals surface area contributed by atoms with Gasteiger partial charge in [0.05, 0.1) is 30.8 Å². The number of ketones is 1. The van der Waals surface area contributed by atoms with Gasteiger partial charge >= 0.3 is 0 Å². The zero-order chi connectivity index (χ0) is 25.6. The zero-order valence-electron chi connectivity index (χ0n) is 20.0. The Morgan fingerprint density at radius 1 is 0.971 bits per heavy atom. The van der Waals surface area contributed by atoms with Crippen LogP contribution in [0.3, 0.4) is 0 Å². The summed E-state index contributed by atoms with van der Waals surface area (Å²) in [5.41, 5.74) is 1.94. The number of Topliss-reactive ketones (excluding diaryl/α,β-unsaturated/α-hetero) is 1. The summed E-state index contributed by atoms with van der Waals surface area (Å²) in [5, 5.41) is 5.32. The van der Waals surface area contributed by atoms with Gasteiger partial charge in [-0.2, -0.15) is 4.31 Å². The van der Waals surface area contributed by atoms with Crippen LogP contribution in [0, 0.1) is 6.92 Å². The number of rotatable bonds is 9. The van der Waals surface area contributed by atoms with E-state index in [1.54, 1.807) is 12.1 Å². The highest BCUT2D eigenvalue weighted by atomic mass is 32.2. The lowest BCUT2D eigenvalue weighted by Gasteiger charge is -2.33. The van der Waals surface area contributed by atoms with E-state index in [2.05, 4.69) is 10.6 Å². The fourth-order valence-corrected chi connectivity index (χ4v) is 5.11. The van der Waals surface area contributed by atoms with Gasteiger partial charge in [0.1, 0.15) is 5.75 Å². The van der Waals surface area contributed by atoms with E-state index >= 15 is 0 Å². The summed E-state index contributed by atoms with van der Waals surface area (Å²) in [6.45, 7) is 4.41. The van der Waals surface area contributed by atoms with Crippen molar-refractivity contribution in [3.8, 4) is 5.75 Å². The van der Waals surface area contributed by atoms with Gasteiger partial charge in [-0.15, -0.1) is 0 Å². The van der Waals surface area contributed by atoms with E-state index in [1.165, 1.54) is 42.6 Å². The molecule has 2 aromatic rings. The number of piperazine rings is 1. The highest BCUT2D eigenvalue weighted by molar-refractivity contribution is 7.89. The third-order valence-electron chi connectivity index (χ3n) is 5.67. The number of amides is 2. The van der Waals surface area contributed by atoms with Crippen LogP contribution in [0.5, 0.6) is 5.75 Å².